The predicted molar refractivity (Wildman–Crippen MR) is 149 cm³/mol. The van der Waals surface area contributed by atoms with Crippen molar-refractivity contribution >= 4 is 40.2 Å². The van der Waals surface area contributed by atoms with Crippen LogP contribution in [0.3, 0.4) is 0 Å². The van der Waals surface area contributed by atoms with Gasteiger partial charge >= 0.3 is 0 Å². The summed E-state index contributed by atoms with van der Waals surface area (Å²) < 4.78 is 22.0. The van der Waals surface area contributed by atoms with Crippen molar-refractivity contribution in [2.45, 2.75) is 31.0 Å². The molecular weight excluding hydrogens is 524 g/mol. The van der Waals surface area contributed by atoms with Crippen molar-refractivity contribution in [3.05, 3.63) is 42.1 Å². The van der Waals surface area contributed by atoms with Crippen LogP contribution in [0.15, 0.2) is 37.1 Å². The van der Waals surface area contributed by atoms with Crippen molar-refractivity contribution < 1.29 is 23.7 Å². The highest BCUT2D eigenvalue weighted by atomic mass is 35.5. The molecule has 5 rings (SSSR count). The van der Waals surface area contributed by atoms with Crippen LogP contribution in [0, 0.1) is 0 Å². The van der Waals surface area contributed by atoms with Crippen LogP contribution in [0.1, 0.15) is 12.8 Å². The minimum atomic E-state index is -0.260. The SMILES string of the molecule is C=CC(=O)N[C@H]1COC[C@H]1Nc1ncc2cc(-c3cc(OC)cc(OC)c3Cl)nc(NC3CCOCC3)c2n1. The van der Waals surface area contributed by atoms with Crippen molar-refractivity contribution in [3.8, 4) is 22.8 Å². The highest BCUT2D eigenvalue weighted by Crippen LogP contribution is 2.40. The van der Waals surface area contributed by atoms with E-state index in [1.807, 2.05) is 12.1 Å². The highest BCUT2D eigenvalue weighted by molar-refractivity contribution is 6.34. The fourth-order valence-corrected chi connectivity index (χ4v) is 4.94. The molecule has 3 N–H and O–H groups in total. The molecule has 3 aromatic rings. The lowest BCUT2D eigenvalue weighted by molar-refractivity contribution is -0.117. The molecule has 0 radical (unpaired) electrons. The molecule has 0 unspecified atom stereocenters. The summed E-state index contributed by atoms with van der Waals surface area (Å²) in [6.07, 6.45) is 4.68. The number of anilines is 2. The van der Waals surface area contributed by atoms with Crippen LogP contribution in [0.4, 0.5) is 11.8 Å². The van der Waals surface area contributed by atoms with Crippen LogP contribution in [0.25, 0.3) is 22.2 Å². The number of nitrogens with zero attached hydrogens (tertiary/aromatic N) is 3. The normalized spacial score (nSPS) is 19.5. The Morgan fingerprint density at radius 3 is 2.62 bits per heavy atom. The Kier molecular flexibility index (Phi) is 8.30. The van der Waals surface area contributed by atoms with Gasteiger partial charge in [-0.15, -0.1) is 0 Å². The molecule has 0 saturated carbocycles. The largest absolute Gasteiger partial charge is 0.497 e. The van der Waals surface area contributed by atoms with E-state index < -0.39 is 0 Å². The van der Waals surface area contributed by atoms with Crippen molar-refractivity contribution in [3.63, 3.8) is 0 Å². The van der Waals surface area contributed by atoms with Crippen LogP contribution >= 0.6 is 11.6 Å². The summed E-state index contributed by atoms with van der Waals surface area (Å²) in [5.74, 6) is 1.84. The first kappa shape index (κ1) is 26.9. The number of hydrogen-bond donors (Lipinski definition) is 3. The quantitative estimate of drug-likeness (QED) is 0.338. The second-order valence-corrected chi connectivity index (χ2v) is 9.70. The molecule has 11 nitrogen and oxygen atoms in total. The zero-order chi connectivity index (χ0) is 27.4. The number of ether oxygens (including phenoxy) is 4. The van der Waals surface area contributed by atoms with Crippen LogP contribution < -0.4 is 25.4 Å². The van der Waals surface area contributed by atoms with Gasteiger partial charge in [0.1, 0.15) is 17.0 Å². The molecule has 2 aliphatic rings. The molecule has 1 amide bonds. The number of aromatic nitrogens is 3. The molecule has 2 aromatic heterocycles. The topological polar surface area (TPSA) is 129 Å². The molecule has 0 spiro atoms. The number of hydrogen-bond acceptors (Lipinski definition) is 10. The van der Waals surface area contributed by atoms with Gasteiger partial charge in [0.2, 0.25) is 11.9 Å². The Hall–Kier alpha value is -3.67. The number of carbonyl (C=O) groups is 1. The Morgan fingerprint density at radius 1 is 1.08 bits per heavy atom. The molecule has 4 heterocycles. The van der Waals surface area contributed by atoms with Crippen molar-refractivity contribution in [1.82, 2.24) is 20.3 Å². The molecule has 2 atom stereocenters. The molecule has 0 aliphatic carbocycles. The third kappa shape index (κ3) is 6.00. The predicted octanol–water partition coefficient (Wildman–Crippen LogP) is 3.43. The zero-order valence-corrected chi connectivity index (χ0v) is 22.6. The maximum Gasteiger partial charge on any atom is 0.243 e. The first-order chi connectivity index (χ1) is 19.0. The number of rotatable bonds is 9. The second-order valence-electron chi connectivity index (χ2n) is 9.32. The summed E-state index contributed by atoms with van der Waals surface area (Å²) in [6.45, 7) is 5.66. The summed E-state index contributed by atoms with van der Waals surface area (Å²) in [7, 11) is 3.14. The molecule has 1 aromatic carbocycles. The second kappa shape index (κ2) is 12.0. The third-order valence-corrected chi connectivity index (χ3v) is 7.17. The number of benzene rings is 1. The average molecular weight is 555 g/mol. The van der Waals surface area contributed by atoms with Gasteiger partial charge in [-0.3, -0.25) is 4.79 Å². The first-order valence-electron chi connectivity index (χ1n) is 12.7. The summed E-state index contributed by atoms with van der Waals surface area (Å²) in [5.41, 5.74) is 1.94. The van der Waals surface area contributed by atoms with Gasteiger partial charge in [-0.2, -0.15) is 0 Å². The molecule has 2 saturated heterocycles. The number of fused-ring (bicyclic) bond motifs is 1. The minimum absolute atomic E-state index is 0.174. The van der Waals surface area contributed by atoms with E-state index in [0.717, 1.165) is 18.2 Å². The first-order valence-corrected chi connectivity index (χ1v) is 13.1. The molecular formula is C27H31ClN6O5. The number of carbonyl (C=O) groups excluding carboxylic acids is 1. The lowest BCUT2D eigenvalue weighted by Crippen LogP contribution is -2.45. The Bertz CT molecular complexity index is 1370. The summed E-state index contributed by atoms with van der Waals surface area (Å²) in [5, 5.41) is 11.0. The fraction of sp³-hybridized carbons (Fsp3) is 0.407. The summed E-state index contributed by atoms with van der Waals surface area (Å²) in [4.78, 5) is 26.2. The lowest BCUT2D eigenvalue weighted by Gasteiger charge is -2.24. The van der Waals surface area contributed by atoms with Gasteiger partial charge < -0.3 is 34.9 Å². The number of amides is 1. The number of pyridine rings is 1. The van der Waals surface area contributed by atoms with E-state index in [1.54, 1.807) is 26.5 Å². The molecule has 39 heavy (non-hydrogen) atoms. The fourth-order valence-electron chi connectivity index (χ4n) is 4.65. The standard InChI is InChI=1S/C27H31ClN6O5/c1-4-23(35)31-20-13-39-14-21(20)33-27-29-12-15-9-19(18-10-17(36-2)11-22(37-3)24(18)28)32-26(25(15)34-27)30-16-5-7-38-8-6-16/h4,9-12,16,20-21H,1,5-8,13-14H2,2-3H3,(H,30,32)(H,31,35)(H,29,33,34)/t20-,21+/m0/s1. The smallest absolute Gasteiger partial charge is 0.243 e. The Balaban J connectivity index is 1.53. The molecule has 0 bridgehead atoms. The van der Waals surface area contributed by atoms with Gasteiger partial charge in [-0.1, -0.05) is 18.2 Å². The van der Waals surface area contributed by atoms with Crippen molar-refractivity contribution in [2.24, 2.45) is 0 Å². The average Bonchev–Trinajstić information content (AvgIpc) is 3.39. The molecule has 206 valence electrons. The highest BCUT2D eigenvalue weighted by Gasteiger charge is 2.30. The van der Waals surface area contributed by atoms with E-state index >= 15 is 0 Å². The number of halogens is 1. The maximum absolute atomic E-state index is 11.8. The van der Waals surface area contributed by atoms with Crippen LogP contribution in [-0.4, -0.2) is 79.6 Å². The molecule has 2 fully saturated rings. The van der Waals surface area contributed by atoms with E-state index in [2.05, 4.69) is 27.5 Å². The van der Waals surface area contributed by atoms with E-state index in [1.165, 1.54) is 6.08 Å². The van der Waals surface area contributed by atoms with E-state index in [9.17, 15) is 4.79 Å². The van der Waals surface area contributed by atoms with E-state index in [4.69, 9.17) is 40.5 Å². The third-order valence-electron chi connectivity index (χ3n) is 6.78. The van der Waals surface area contributed by atoms with Gasteiger partial charge in [0.25, 0.3) is 0 Å². The van der Waals surface area contributed by atoms with Gasteiger partial charge in [0, 0.05) is 42.5 Å². The van der Waals surface area contributed by atoms with Crippen molar-refractivity contribution in [1.29, 1.82) is 0 Å². The lowest BCUT2D eigenvalue weighted by atomic mass is 10.1. The Labute approximate surface area is 231 Å². The number of nitrogens with one attached hydrogen (secondary N) is 3. The van der Waals surface area contributed by atoms with Crippen LogP contribution in [0.2, 0.25) is 5.02 Å². The minimum Gasteiger partial charge on any atom is -0.497 e. The molecule has 12 heteroatoms. The van der Waals surface area contributed by atoms with Gasteiger partial charge in [0.15, 0.2) is 5.82 Å². The molecule has 2 aliphatic heterocycles. The Morgan fingerprint density at radius 2 is 1.87 bits per heavy atom. The van der Waals surface area contributed by atoms with Gasteiger partial charge in [0.05, 0.1) is 50.2 Å². The van der Waals surface area contributed by atoms with Crippen LogP contribution in [0.5, 0.6) is 11.5 Å². The summed E-state index contributed by atoms with van der Waals surface area (Å²) >= 11 is 6.70. The maximum atomic E-state index is 11.8. The van der Waals surface area contributed by atoms with Crippen molar-refractivity contribution in [2.75, 3.05) is 51.3 Å². The summed E-state index contributed by atoms with van der Waals surface area (Å²) in [6, 6.07) is 5.18. The zero-order valence-electron chi connectivity index (χ0n) is 21.8. The van der Waals surface area contributed by atoms with Gasteiger partial charge in [-0.25, -0.2) is 15.0 Å². The number of methoxy groups -OCH3 is 2. The van der Waals surface area contributed by atoms with Crippen LogP contribution in [-0.2, 0) is 14.3 Å². The monoisotopic (exact) mass is 554 g/mol. The van der Waals surface area contributed by atoms with E-state index in [0.29, 0.717) is 71.5 Å². The van der Waals surface area contributed by atoms with E-state index in [-0.39, 0.29) is 24.0 Å². The van der Waals surface area contributed by atoms with Gasteiger partial charge in [-0.05, 0) is 31.1 Å².